The fourth-order valence-electron chi connectivity index (χ4n) is 2.50. The Morgan fingerprint density at radius 3 is 2.45 bits per heavy atom. The van der Waals surface area contributed by atoms with E-state index in [1.807, 2.05) is 18.3 Å². The summed E-state index contributed by atoms with van der Waals surface area (Å²) in [6.45, 7) is 3.43. The second kappa shape index (κ2) is 7.24. The lowest BCUT2D eigenvalue weighted by atomic mass is 9.91. The maximum absolute atomic E-state index is 9.55. The van der Waals surface area contributed by atoms with E-state index in [1.54, 1.807) is 0 Å². The van der Waals surface area contributed by atoms with Gasteiger partial charge in [0.2, 0.25) is 0 Å². The minimum absolute atomic E-state index is 0.558. The van der Waals surface area contributed by atoms with E-state index in [0.717, 1.165) is 19.0 Å². The third kappa shape index (κ3) is 4.19. The van der Waals surface area contributed by atoms with Gasteiger partial charge in [0, 0.05) is 43.7 Å². The van der Waals surface area contributed by atoms with Crippen LogP contribution < -0.4 is 10.2 Å². The quantitative estimate of drug-likeness (QED) is 0.559. The Hall–Kier alpha value is -2.12. The van der Waals surface area contributed by atoms with Crippen molar-refractivity contribution >= 4 is 29.2 Å². The molecule has 0 aliphatic carbocycles. The average molecular weight is 326 g/mol. The predicted molar refractivity (Wildman–Crippen MR) is 81.2 cm³/mol. The van der Waals surface area contributed by atoms with Crippen LogP contribution in [0.4, 0.5) is 5.69 Å². The van der Waals surface area contributed by atoms with Crippen LogP contribution in [-0.4, -0.2) is 52.8 Å². The Labute approximate surface area is 132 Å². The van der Waals surface area contributed by atoms with Crippen molar-refractivity contribution in [1.29, 1.82) is 0 Å². The molecule has 1 aromatic rings. The van der Waals surface area contributed by atoms with E-state index in [-0.39, 0.29) is 0 Å². The van der Waals surface area contributed by atoms with Crippen LogP contribution in [0.5, 0.6) is 0 Å². The molecule has 2 saturated heterocycles. The molecule has 3 N–H and O–H groups in total. The molecule has 0 radical (unpaired) electrons. The molecule has 22 heavy (non-hydrogen) atoms. The lowest BCUT2D eigenvalue weighted by Gasteiger charge is -2.45. The smallest absolute Gasteiger partial charge is 0.328 e. The average Bonchev–Trinajstić information content (AvgIpc) is 2.81. The Morgan fingerprint density at radius 2 is 1.95 bits per heavy atom. The van der Waals surface area contributed by atoms with Gasteiger partial charge in [0.1, 0.15) is 5.15 Å². The number of aromatic nitrogens is 1. The van der Waals surface area contributed by atoms with Crippen LogP contribution in [0.25, 0.3) is 0 Å². The summed E-state index contributed by atoms with van der Waals surface area (Å²) in [6.07, 6.45) is 2.97. The minimum Gasteiger partial charge on any atom is -0.478 e. The van der Waals surface area contributed by atoms with Crippen LogP contribution in [0.1, 0.15) is 0 Å². The maximum atomic E-state index is 9.55. The molecule has 8 heteroatoms. The maximum Gasteiger partial charge on any atom is 0.328 e. The number of carbonyl (C=O) groups is 2. The zero-order chi connectivity index (χ0) is 16.1. The molecule has 2 aliphatic heterocycles. The number of aliphatic carboxylic acids is 2. The second-order valence-corrected chi connectivity index (χ2v) is 5.37. The minimum atomic E-state index is -1.26. The molecule has 0 amide bonds. The first-order valence-electron chi connectivity index (χ1n) is 6.70. The molecule has 7 nitrogen and oxygen atoms in total. The number of rotatable bonds is 3. The van der Waals surface area contributed by atoms with E-state index in [1.165, 1.54) is 12.2 Å². The lowest BCUT2D eigenvalue weighted by Crippen LogP contribution is -2.55. The van der Waals surface area contributed by atoms with Gasteiger partial charge in [-0.25, -0.2) is 14.6 Å². The molecule has 0 saturated carbocycles. The first-order chi connectivity index (χ1) is 10.5. The van der Waals surface area contributed by atoms with Crippen LogP contribution in [-0.2, 0) is 9.59 Å². The van der Waals surface area contributed by atoms with E-state index >= 15 is 0 Å². The van der Waals surface area contributed by atoms with Gasteiger partial charge in [-0.2, -0.15) is 0 Å². The SMILES string of the molecule is Clc1ccc(N2C[C@@H]3CNC[C@@H]32)cn1.O=C(O)C=CC(=O)O. The molecule has 2 atom stereocenters. The molecule has 2 aliphatic rings. The molecule has 118 valence electrons. The summed E-state index contributed by atoms with van der Waals surface area (Å²) >= 11 is 5.75. The summed E-state index contributed by atoms with van der Waals surface area (Å²) in [6, 6.07) is 4.58. The fraction of sp³-hybridized carbons (Fsp3) is 0.357. The normalized spacial score (nSPS) is 22.5. The van der Waals surface area contributed by atoms with Crippen LogP contribution in [0.15, 0.2) is 30.5 Å². The van der Waals surface area contributed by atoms with E-state index in [2.05, 4.69) is 15.2 Å². The van der Waals surface area contributed by atoms with Crippen molar-refractivity contribution in [3.8, 4) is 0 Å². The van der Waals surface area contributed by atoms with Crippen molar-refractivity contribution in [2.75, 3.05) is 24.5 Å². The molecule has 0 spiro atoms. The second-order valence-electron chi connectivity index (χ2n) is 4.99. The summed E-state index contributed by atoms with van der Waals surface area (Å²) in [4.78, 5) is 25.6. The fourth-order valence-corrected chi connectivity index (χ4v) is 2.61. The molecule has 0 unspecified atom stereocenters. The van der Waals surface area contributed by atoms with Gasteiger partial charge in [-0.15, -0.1) is 0 Å². The molecule has 2 fully saturated rings. The number of hydrogen-bond acceptors (Lipinski definition) is 5. The summed E-state index contributed by atoms with van der Waals surface area (Å²) in [5.41, 5.74) is 1.19. The third-order valence-corrected chi connectivity index (χ3v) is 3.77. The molecule has 0 bridgehead atoms. The summed E-state index contributed by atoms with van der Waals surface area (Å²) < 4.78 is 0. The Bertz CT molecular complexity index is 560. The monoisotopic (exact) mass is 325 g/mol. The highest BCUT2D eigenvalue weighted by Crippen LogP contribution is 2.32. The number of hydrogen-bond donors (Lipinski definition) is 3. The number of fused-ring (bicyclic) bond motifs is 1. The van der Waals surface area contributed by atoms with Gasteiger partial charge in [-0.1, -0.05) is 11.6 Å². The summed E-state index contributed by atoms with van der Waals surface area (Å²) in [7, 11) is 0. The van der Waals surface area contributed by atoms with Gasteiger partial charge in [0.05, 0.1) is 11.9 Å². The Morgan fingerprint density at radius 1 is 1.27 bits per heavy atom. The van der Waals surface area contributed by atoms with Crippen molar-refractivity contribution in [1.82, 2.24) is 10.3 Å². The lowest BCUT2D eigenvalue weighted by molar-refractivity contribution is -0.134. The van der Waals surface area contributed by atoms with Crippen molar-refractivity contribution in [3.63, 3.8) is 0 Å². The molecule has 3 rings (SSSR count). The highest BCUT2D eigenvalue weighted by molar-refractivity contribution is 6.29. The highest BCUT2D eigenvalue weighted by Gasteiger charge is 2.42. The van der Waals surface area contributed by atoms with Gasteiger partial charge in [0.15, 0.2) is 0 Å². The number of halogens is 1. The molecule has 1 aromatic heterocycles. The van der Waals surface area contributed by atoms with Gasteiger partial charge in [-0.3, -0.25) is 0 Å². The zero-order valence-electron chi connectivity index (χ0n) is 11.6. The number of pyridine rings is 1. The van der Waals surface area contributed by atoms with E-state index < -0.39 is 11.9 Å². The topological polar surface area (TPSA) is 103 Å². The standard InChI is InChI=1S/C10H12ClN3.C4H4O4/c11-10-2-1-8(4-13-10)14-6-7-3-12-5-9(7)14;5-3(6)1-2-4(7)8/h1-2,4,7,9,12H,3,5-6H2;1-2H,(H,5,6)(H,7,8)/t7-,9-;/m0./s1. The Kier molecular flexibility index (Phi) is 5.35. The summed E-state index contributed by atoms with van der Waals surface area (Å²) in [5.74, 6) is -1.68. The molecule has 3 heterocycles. The van der Waals surface area contributed by atoms with Crippen LogP contribution in [0.3, 0.4) is 0 Å². The first kappa shape index (κ1) is 16.3. The van der Waals surface area contributed by atoms with Gasteiger partial charge < -0.3 is 20.4 Å². The molecule has 0 aromatic carbocycles. The van der Waals surface area contributed by atoms with Gasteiger partial charge >= 0.3 is 11.9 Å². The number of carboxylic acids is 2. The van der Waals surface area contributed by atoms with Crippen LogP contribution >= 0.6 is 11.6 Å². The van der Waals surface area contributed by atoms with Crippen LogP contribution in [0.2, 0.25) is 5.15 Å². The largest absolute Gasteiger partial charge is 0.478 e. The highest BCUT2D eigenvalue weighted by atomic mass is 35.5. The number of anilines is 1. The van der Waals surface area contributed by atoms with Crippen molar-refractivity contribution in [2.45, 2.75) is 6.04 Å². The number of carboxylic acid groups (broad SMARTS) is 2. The van der Waals surface area contributed by atoms with Crippen LogP contribution in [0, 0.1) is 5.92 Å². The van der Waals surface area contributed by atoms with Crippen molar-refractivity contribution in [3.05, 3.63) is 35.6 Å². The zero-order valence-corrected chi connectivity index (χ0v) is 12.4. The van der Waals surface area contributed by atoms with Gasteiger partial charge in [-0.05, 0) is 12.1 Å². The van der Waals surface area contributed by atoms with Crippen molar-refractivity contribution in [2.24, 2.45) is 5.92 Å². The number of nitrogens with zero attached hydrogens (tertiary/aromatic N) is 2. The summed E-state index contributed by atoms with van der Waals surface area (Å²) in [5, 5.41) is 19.6. The predicted octanol–water partition coefficient (Wildman–Crippen LogP) is 0.855. The molecular weight excluding hydrogens is 310 g/mol. The van der Waals surface area contributed by atoms with Crippen molar-refractivity contribution < 1.29 is 19.8 Å². The Balaban J connectivity index is 0.000000192. The van der Waals surface area contributed by atoms with E-state index in [0.29, 0.717) is 23.3 Å². The molecular formula is C14H16ClN3O4. The van der Waals surface area contributed by atoms with E-state index in [9.17, 15) is 9.59 Å². The van der Waals surface area contributed by atoms with Gasteiger partial charge in [0.25, 0.3) is 0 Å². The third-order valence-electron chi connectivity index (χ3n) is 3.55. The van der Waals surface area contributed by atoms with E-state index in [4.69, 9.17) is 21.8 Å². The first-order valence-corrected chi connectivity index (χ1v) is 7.08. The number of nitrogens with one attached hydrogen (secondary N) is 1.